The van der Waals surface area contributed by atoms with E-state index in [0.717, 1.165) is 38.1 Å². The second-order valence-electron chi connectivity index (χ2n) is 7.20. The van der Waals surface area contributed by atoms with Crippen LogP contribution in [0.1, 0.15) is 85.0 Å². The standard InChI is InChI=1S/C21H42O5Si/c1-7-9-10-11-12-13-15-20(26-21(22)19(3)4)16-14-18-27(23-5,24-6)25-17-8-2/h20H,3,7-18H2,1-2,4-6H3. The number of esters is 1. The highest BCUT2D eigenvalue weighted by atomic mass is 28.4. The number of ether oxygens (including phenoxy) is 1. The van der Waals surface area contributed by atoms with Gasteiger partial charge in [0.05, 0.1) is 0 Å². The van der Waals surface area contributed by atoms with Gasteiger partial charge in [0.25, 0.3) is 0 Å². The van der Waals surface area contributed by atoms with Crippen molar-refractivity contribution in [3.63, 3.8) is 0 Å². The normalized spacial score (nSPS) is 12.8. The molecule has 0 rings (SSSR count). The number of hydrogen-bond donors (Lipinski definition) is 0. The van der Waals surface area contributed by atoms with E-state index >= 15 is 0 Å². The molecular weight excluding hydrogens is 360 g/mol. The highest BCUT2D eigenvalue weighted by Gasteiger charge is 2.38. The van der Waals surface area contributed by atoms with Crippen LogP contribution in [0.5, 0.6) is 0 Å². The number of hydrogen-bond acceptors (Lipinski definition) is 5. The molecule has 0 fully saturated rings. The van der Waals surface area contributed by atoms with Gasteiger partial charge in [0.2, 0.25) is 0 Å². The first-order valence-electron chi connectivity index (χ1n) is 10.5. The van der Waals surface area contributed by atoms with Crippen molar-refractivity contribution < 1.29 is 22.8 Å². The number of carbonyl (C=O) groups is 1. The average molecular weight is 403 g/mol. The van der Waals surface area contributed by atoms with Gasteiger partial charge < -0.3 is 18.0 Å². The first kappa shape index (κ1) is 26.3. The Kier molecular flexibility index (Phi) is 15.9. The summed E-state index contributed by atoms with van der Waals surface area (Å²) in [6, 6.07) is 0.734. The molecule has 0 aliphatic heterocycles. The molecule has 0 aromatic heterocycles. The lowest BCUT2D eigenvalue weighted by atomic mass is 10.0. The molecule has 0 saturated carbocycles. The van der Waals surface area contributed by atoms with Crippen LogP contribution in [0.2, 0.25) is 6.04 Å². The minimum Gasteiger partial charge on any atom is -0.459 e. The average Bonchev–Trinajstić information content (AvgIpc) is 2.67. The molecule has 0 aliphatic rings. The molecule has 0 radical (unpaired) electrons. The highest BCUT2D eigenvalue weighted by Crippen LogP contribution is 2.22. The predicted octanol–water partition coefficient (Wildman–Crippen LogP) is 5.66. The monoisotopic (exact) mass is 402 g/mol. The predicted molar refractivity (Wildman–Crippen MR) is 113 cm³/mol. The van der Waals surface area contributed by atoms with E-state index in [0.29, 0.717) is 12.2 Å². The quantitative estimate of drug-likeness (QED) is 0.128. The minimum absolute atomic E-state index is 0.0769. The summed E-state index contributed by atoms with van der Waals surface area (Å²) in [6.45, 7) is 10.3. The Morgan fingerprint density at radius 2 is 1.52 bits per heavy atom. The van der Waals surface area contributed by atoms with Crippen molar-refractivity contribution in [1.29, 1.82) is 0 Å². The van der Waals surface area contributed by atoms with E-state index in [1.54, 1.807) is 21.1 Å². The van der Waals surface area contributed by atoms with Gasteiger partial charge in [-0.15, -0.1) is 0 Å². The fraction of sp³-hybridized carbons (Fsp3) is 0.857. The summed E-state index contributed by atoms with van der Waals surface area (Å²) in [6.07, 6.45) is 10.8. The van der Waals surface area contributed by atoms with Gasteiger partial charge in [0.15, 0.2) is 0 Å². The zero-order valence-corrected chi connectivity index (χ0v) is 19.3. The lowest BCUT2D eigenvalue weighted by molar-refractivity contribution is -0.144. The molecule has 6 heteroatoms. The zero-order chi connectivity index (χ0) is 20.5. The van der Waals surface area contributed by atoms with E-state index in [2.05, 4.69) is 20.4 Å². The Labute approximate surface area is 168 Å². The van der Waals surface area contributed by atoms with E-state index in [1.807, 2.05) is 0 Å². The Bertz CT molecular complexity index is 396. The largest absolute Gasteiger partial charge is 0.500 e. The van der Waals surface area contributed by atoms with Gasteiger partial charge in [-0.1, -0.05) is 52.5 Å². The van der Waals surface area contributed by atoms with Crippen LogP contribution < -0.4 is 0 Å². The summed E-state index contributed by atoms with van der Waals surface area (Å²) in [7, 11) is 0.702. The molecule has 0 amide bonds. The third-order valence-electron chi connectivity index (χ3n) is 4.66. The minimum atomic E-state index is -2.60. The third-order valence-corrected chi connectivity index (χ3v) is 7.51. The molecule has 0 aliphatic carbocycles. The van der Waals surface area contributed by atoms with Gasteiger partial charge in [0, 0.05) is 32.4 Å². The maximum absolute atomic E-state index is 12.0. The summed E-state index contributed by atoms with van der Waals surface area (Å²) >= 11 is 0. The third kappa shape index (κ3) is 12.4. The van der Waals surface area contributed by atoms with E-state index in [4.69, 9.17) is 18.0 Å². The summed E-state index contributed by atoms with van der Waals surface area (Å²) in [4.78, 5) is 12.0. The van der Waals surface area contributed by atoms with Crippen LogP contribution in [0.25, 0.3) is 0 Å². The Balaban J connectivity index is 4.50. The zero-order valence-electron chi connectivity index (χ0n) is 18.3. The first-order chi connectivity index (χ1) is 12.9. The van der Waals surface area contributed by atoms with Crippen LogP contribution in [0.4, 0.5) is 0 Å². The van der Waals surface area contributed by atoms with Crippen molar-refractivity contribution in [2.45, 2.75) is 97.1 Å². The van der Waals surface area contributed by atoms with Crippen molar-refractivity contribution in [3.05, 3.63) is 12.2 Å². The fourth-order valence-electron chi connectivity index (χ4n) is 2.95. The molecule has 27 heavy (non-hydrogen) atoms. The maximum atomic E-state index is 12.0. The highest BCUT2D eigenvalue weighted by molar-refractivity contribution is 6.60. The van der Waals surface area contributed by atoms with Crippen LogP contribution in [-0.2, 0) is 22.8 Å². The van der Waals surface area contributed by atoms with Gasteiger partial charge in [-0.25, -0.2) is 4.79 Å². The van der Waals surface area contributed by atoms with Crippen LogP contribution in [0.15, 0.2) is 12.2 Å². The Morgan fingerprint density at radius 1 is 0.926 bits per heavy atom. The number of rotatable bonds is 18. The molecule has 160 valence electrons. The lowest BCUT2D eigenvalue weighted by Gasteiger charge is -2.27. The molecule has 0 bridgehead atoms. The van der Waals surface area contributed by atoms with E-state index in [1.165, 1.54) is 32.1 Å². The second-order valence-corrected chi connectivity index (χ2v) is 10.2. The Morgan fingerprint density at radius 3 is 2.07 bits per heavy atom. The van der Waals surface area contributed by atoms with Crippen LogP contribution in [0.3, 0.4) is 0 Å². The van der Waals surface area contributed by atoms with Crippen molar-refractivity contribution in [2.75, 3.05) is 20.8 Å². The lowest BCUT2D eigenvalue weighted by Crippen LogP contribution is -2.44. The molecule has 1 unspecified atom stereocenters. The van der Waals surface area contributed by atoms with E-state index < -0.39 is 8.80 Å². The topological polar surface area (TPSA) is 54.0 Å². The van der Waals surface area contributed by atoms with Crippen molar-refractivity contribution in [1.82, 2.24) is 0 Å². The van der Waals surface area contributed by atoms with Crippen LogP contribution in [-0.4, -0.2) is 41.7 Å². The van der Waals surface area contributed by atoms with Crippen molar-refractivity contribution >= 4 is 14.8 Å². The summed E-state index contributed by atoms with van der Waals surface area (Å²) < 4.78 is 22.7. The number of unbranched alkanes of at least 4 members (excludes halogenated alkanes) is 5. The summed E-state index contributed by atoms with van der Waals surface area (Å²) in [5.41, 5.74) is 0.451. The van der Waals surface area contributed by atoms with E-state index in [-0.39, 0.29) is 12.1 Å². The molecule has 0 saturated heterocycles. The smallest absolute Gasteiger partial charge is 0.459 e. The molecule has 0 N–H and O–H groups in total. The van der Waals surface area contributed by atoms with Gasteiger partial charge in [0.1, 0.15) is 6.10 Å². The van der Waals surface area contributed by atoms with Gasteiger partial charge >= 0.3 is 14.8 Å². The molecule has 1 atom stereocenters. The van der Waals surface area contributed by atoms with Crippen molar-refractivity contribution in [2.24, 2.45) is 0 Å². The molecule has 0 spiro atoms. The maximum Gasteiger partial charge on any atom is 0.500 e. The number of carbonyl (C=O) groups excluding carboxylic acids is 1. The van der Waals surface area contributed by atoms with Crippen molar-refractivity contribution in [3.8, 4) is 0 Å². The SMILES string of the molecule is C=C(C)C(=O)OC(CCCCCCCC)CCC[Si](OC)(OC)OCCC. The van der Waals surface area contributed by atoms with Crippen LogP contribution >= 0.6 is 0 Å². The summed E-state index contributed by atoms with van der Waals surface area (Å²) in [5, 5.41) is 0. The molecule has 0 aromatic rings. The molecule has 0 aromatic carbocycles. The first-order valence-corrected chi connectivity index (χ1v) is 12.5. The second kappa shape index (κ2) is 16.3. The molecular formula is C21H42O5Si. The summed E-state index contributed by atoms with van der Waals surface area (Å²) in [5.74, 6) is -0.296. The fourth-order valence-corrected chi connectivity index (χ4v) is 5.05. The molecule has 5 nitrogen and oxygen atoms in total. The van der Waals surface area contributed by atoms with Crippen LogP contribution in [0, 0.1) is 0 Å². The van der Waals surface area contributed by atoms with Gasteiger partial charge in [-0.3, -0.25) is 0 Å². The Hall–Kier alpha value is -0.693. The molecule has 0 heterocycles. The van der Waals surface area contributed by atoms with Gasteiger partial charge in [-0.05, 0) is 39.0 Å². The van der Waals surface area contributed by atoms with Gasteiger partial charge in [-0.2, -0.15) is 0 Å². The van der Waals surface area contributed by atoms with E-state index in [9.17, 15) is 4.79 Å².